The highest BCUT2D eigenvalue weighted by molar-refractivity contribution is 7.55. The molecule has 0 aromatic heterocycles. The second kappa shape index (κ2) is 23.6. The summed E-state index contributed by atoms with van der Waals surface area (Å²) in [6, 6.07) is -2.55. The largest absolute Gasteiger partial charge is 0.462 e. The van der Waals surface area contributed by atoms with E-state index in [4.69, 9.17) is 46.5 Å². The van der Waals surface area contributed by atoms with Crippen LogP contribution in [0.3, 0.4) is 0 Å². The van der Waals surface area contributed by atoms with Crippen LogP contribution in [0.2, 0.25) is 0 Å². The quantitative estimate of drug-likeness (QED) is 0.0746. The number of hydrogen-bond donors (Lipinski definition) is 0. The predicted molar refractivity (Wildman–Crippen MR) is 248 cm³/mol. The zero-order chi connectivity index (χ0) is 52.6. The second-order valence-electron chi connectivity index (χ2n) is 19.5. The van der Waals surface area contributed by atoms with Gasteiger partial charge in [-0.05, 0) is 101 Å². The van der Waals surface area contributed by atoms with Crippen molar-refractivity contribution in [1.82, 2.24) is 9.80 Å². The van der Waals surface area contributed by atoms with E-state index < -0.39 is 147 Å². The molecule has 22 nitrogen and oxygen atoms in total. The van der Waals surface area contributed by atoms with Crippen molar-refractivity contribution in [3.8, 4) is 0 Å². The molecule has 70 heavy (non-hydrogen) atoms. The summed E-state index contributed by atoms with van der Waals surface area (Å²) in [5.74, 6) is -7.44. The molecule has 0 bridgehead atoms. The standard InChI is InChI=1S/C46H72N2O20P2/c1-13-59-69(57,60-14-2)27-38(52)65-45(35-19-17-21-47(35)41(55)67-43(7,8)9)26-34(64-30(6)50)32(24-37(45)51)33-23-31(63-29(5)49)25-46(40(33)54,66-39(53)28-70(58,61-15-3)62-16-4)36-20-18-22-48(36)42(56)68-44(10,11)12/h23,31-32,34-36H,13-22,24-28H2,1-12H3/t31-,32+,34+,35+,36+,45+,46+/m0/s1. The lowest BCUT2D eigenvalue weighted by Crippen LogP contribution is -2.66. The number of Topliss-reactive ketones (excluding diaryl/α,β-unsaturated/α-hetero) is 2. The molecule has 0 N–H and O–H groups in total. The van der Waals surface area contributed by atoms with Gasteiger partial charge < -0.3 is 56.3 Å². The van der Waals surface area contributed by atoms with Crippen LogP contribution in [-0.4, -0.2) is 156 Å². The maximum Gasteiger partial charge on any atom is 0.410 e. The normalized spacial score (nSPS) is 26.6. The van der Waals surface area contributed by atoms with Crippen LogP contribution in [0.4, 0.5) is 9.59 Å². The van der Waals surface area contributed by atoms with Crippen molar-refractivity contribution in [2.24, 2.45) is 5.92 Å². The molecule has 396 valence electrons. The Labute approximate surface area is 409 Å². The molecule has 2 aliphatic heterocycles. The Hall–Kier alpha value is -4.20. The van der Waals surface area contributed by atoms with Crippen molar-refractivity contribution in [3.05, 3.63) is 11.6 Å². The molecule has 4 rings (SSSR count). The number of carbonyl (C=O) groups excluding carboxylic acids is 8. The van der Waals surface area contributed by atoms with E-state index in [9.17, 15) is 37.9 Å². The monoisotopic (exact) mass is 1030 g/mol. The molecule has 2 heterocycles. The Kier molecular flexibility index (Phi) is 19.6. The molecule has 2 saturated heterocycles. The van der Waals surface area contributed by atoms with Crippen LogP contribution in [0, 0.1) is 5.92 Å². The number of rotatable bonds is 19. The van der Waals surface area contributed by atoms with Gasteiger partial charge in [-0.2, -0.15) is 0 Å². The molecule has 0 radical (unpaired) electrons. The fourth-order valence-corrected chi connectivity index (χ4v) is 12.5. The zero-order valence-corrected chi connectivity index (χ0v) is 44.3. The summed E-state index contributed by atoms with van der Waals surface area (Å²) in [4.78, 5) is 116. The van der Waals surface area contributed by atoms with Crippen molar-refractivity contribution in [1.29, 1.82) is 0 Å². The number of ether oxygens (including phenoxy) is 6. The van der Waals surface area contributed by atoms with E-state index in [1.165, 1.54) is 43.6 Å². The van der Waals surface area contributed by atoms with E-state index in [0.29, 0.717) is 6.42 Å². The van der Waals surface area contributed by atoms with E-state index >= 15 is 9.59 Å². The first kappa shape index (κ1) is 58.4. The van der Waals surface area contributed by atoms with Crippen molar-refractivity contribution >= 4 is 62.8 Å². The minimum absolute atomic E-state index is 0.0285. The molecule has 0 spiro atoms. The molecule has 1 saturated carbocycles. The van der Waals surface area contributed by atoms with Gasteiger partial charge in [0.25, 0.3) is 0 Å². The number of likely N-dealkylation sites (tertiary alicyclic amines) is 2. The molecule has 4 aliphatic rings. The lowest BCUT2D eigenvalue weighted by Gasteiger charge is -2.49. The van der Waals surface area contributed by atoms with Crippen LogP contribution in [0.15, 0.2) is 11.6 Å². The van der Waals surface area contributed by atoms with Gasteiger partial charge in [-0.1, -0.05) is 0 Å². The number of hydrogen-bond acceptors (Lipinski definition) is 20. The summed E-state index contributed by atoms with van der Waals surface area (Å²) in [6.45, 7) is 17.8. The maximum absolute atomic E-state index is 15.8. The maximum atomic E-state index is 15.8. The van der Waals surface area contributed by atoms with Crippen LogP contribution in [0.1, 0.15) is 128 Å². The van der Waals surface area contributed by atoms with Crippen LogP contribution in [-0.2, 0) is 84.4 Å². The first-order valence-electron chi connectivity index (χ1n) is 23.8. The van der Waals surface area contributed by atoms with Gasteiger partial charge in [0.1, 0.15) is 35.7 Å². The lowest BCUT2D eigenvalue weighted by atomic mass is 9.65. The first-order valence-corrected chi connectivity index (χ1v) is 27.3. The van der Waals surface area contributed by atoms with Gasteiger partial charge in [0.2, 0.25) is 5.78 Å². The summed E-state index contributed by atoms with van der Waals surface area (Å²) in [7, 11) is -8.34. The molecule has 3 fully saturated rings. The summed E-state index contributed by atoms with van der Waals surface area (Å²) in [5.41, 5.74) is -7.11. The van der Waals surface area contributed by atoms with Crippen molar-refractivity contribution < 1.29 is 94.0 Å². The summed E-state index contributed by atoms with van der Waals surface area (Å²) in [6.07, 6.45) is -6.58. The molecule has 2 amide bonds. The highest BCUT2D eigenvalue weighted by Gasteiger charge is 2.64. The Morgan fingerprint density at radius 3 is 1.46 bits per heavy atom. The molecule has 7 atom stereocenters. The Morgan fingerprint density at radius 1 is 0.643 bits per heavy atom. The van der Waals surface area contributed by atoms with Crippen LogP contribution < -0.4 is 0 Å². The minimum Gasteiger partial charge on any atom is -0.462 e. The second-order valence-corrected chi connectivity index (χ2v) is 23.6. The highest BCUT2D eigenvalue weighted by atomic mass is 31.2. The Balaban J connectivity index is 1.96. The third-order valence-corrected chi connectivity index (χ3v) is 15.7. The van der Waals surface area contributed by atoms with Gasteiger partial charge in [0.15, 0.2) is 17.0 Å². The minimum atomic E-state index is -4.19. The van der Waals surface area contributed by atoms with E-state index in [1.807, 2.05) is 0 Å². The number of amides is 2. The van der Waals surface area contributed by atoms with Crippen LogP contribution >= 0.6 is 15.2 Å². The molecular formula is C46H72N2O20P2. The topological polar surface area (TPSA) is 269 Å². The third-order valence-electron chi connectivity index (χ3n) is 11.8. The zero-order valence-electron chi connectivity index (χ0n) is 42.5. The Bertz CT molecular complexity index is 2090. The number of carbonyl (C=O) groups is 8. The fraction of sp³-hybridized carbons (Fsp3) is 0.783. The van der Waals surface area contributed by atoms with Crippen LogP contribution in [0.5, 0.6) is 0 Å². The first-order chi connectivity index (χ1) is 32.5. The predicted octanol–water partition coefficient (Wildman–Crippen LogP) is 6.62. The number of nitrogens with zero attached hydrogens (tertiary/aromatic N) is 2. The number of ketones is 2. The Morgan fingerprint density at radius 2 is 1.06 bits per heavy atom. The fourth-order valence-electron chi connectivity index (χ4n) is 9.60. The summed E-state index contributed by atoms with van der Waals surface area (Å²) in [5, 5.41) is 0. The highest BCUT2D eigenvalue weighted by Crippen LogP contribution is 2.52. The van der Waals surface area contributed by atoms with Crippen molar-refractivity contribution in [2.75, 3.05) is 51.8 Å². The number of esters is 4. The van der Waals surface area contributed by atoms with E-state index in [2.05, 4.69) is 0 Å². The molecular weight excluding hydrogens is 962 g/mol. The molecule has 0 aromatic carbocycles. The van der Waals surface area contributed by atoms with Gasteiger partial charge in [-0.25, -0.2) is 9.59 Å². The average molecular weight is 1040 g/mol. The average Bonchev–Trinajstić information content (AvgIpc) is 3.91. The summed E-state index contributed by atoms with van der Waals surface area (Å²) >= 11 is 0. The van der Waals surface area contributed by atoms with Gasteiger partial charge in [-0.15, -0.1) is 0 Å². The van der Waals surface area contributed by atoms with E-state index in [-0.39, 0.29) is 64.4 Å². The molecule has 2 aliphatic carbocycles. The van der Waals surface area contributed by atoms with E-state index in [1.54, 1.807) is 41.5 Å². The molecule has 24 heteroatoms. The van der Waals surface area contributed by atoms with Gasteiger partial charge in [-0.3, -0.25) is 37.9 Å². The van der Waals surface area contributed by atoms with Crippen molar-refractivity contribution in [2.45, 2.75) is 175 Å². The van der Waals surface area contributed by atoms with E-state index in [0.717, 1.165) is 13.8 Å². The van der Waals surface area contributed by atoms with Crippen LogP contribution in [0.25, 0.3) is 0 Å². The molecule has 0 unspecified atom stereocenters. The molecule has 0 aromatic rings. The summed E-state index contributed by atoms with van der Waals surface area (Å²) < 4.78 is 84.3. The van der Waals surface area contributed by atoms with Gasteiger partial charge in [0.05, 0.1) is 38.5 Å². The lowest BCUT2D eigenvalue weighted by molar-refractivity contribution is -0.189. The van der Waals surface area contributed by atoms with Gasteiger partial charge >= 0.3 is 51.3 Å². The van der Waals surface area contributed by atoms with Crippen molar-refractivity contribution in [3.63, 3.8) is 0 Å². The third kappa shape index (κ3) is 14.5. The SMILES string of the molecule is CCOP(=O)(CC(=O)O[C@@]1([C@H]2CCCN2C(=O)OC(C)(C)C)C[C@@H](OC(C)=O)[C@@H](C2=C[C@H](OC(C)=O)C[C@@](OC(=O)CP(=O)(OCC)OCC)([C@H]3CCCN3C(=O)OC(C)(C)C)C2=O)CC1=O)OCC. The van der Waals surface area contributed by atoms with Gasteiger partial charge in [0, 0.05) is 57.7 Å². The smallest absolute Gasteiger partial charge is 0.410 e.